The number of rotatable bonds is 2. The number of hydrogen-bond donors (Lipinski definition) is 1. The molecule has 1 N–H and O–H groups in total. The average molecular weight is 221 g/mol. The second kappa shape index (κ2) is 4.37. The van der Waals surface area contributed by atoms with Crippen LogP contribution >= 0.6 is 0 Å². The summed E-state index contributed by atoms with van der Waals surface area (Å²) in [5.74, 6) is 0.850. The number of nitrogens with one attached hydrogen (secondary N) is 1. The largest absolute Gasteiger partial charge is 0.379 e. The number of ether oxygens (including phenoxy) is 1. The van der Waals surface area contributed by atoms with Gasteiger partial charge in [0.2, 0.25) is 0 Å². The van der Waals surface area contributed by atoms with Gasteiger partial charge in [-0.15, -0.1) is 5.10 Å². The molecule has 4 nitrogen and oxygen atoms in total. The molecule has 0 saturated carbocycles. The Morgan fingerprint density at radius 2 is 2.25 bits per heavy atom. The van der Waals surface area contributed by atoms with Crippen LogP contribution in [-0.2, 0) is 10.2 Å². The van der Waals surface area contributed by atoms with Crippen molar-refractivity contribution in [3.8, 4) is 0 Å². The van der Waals surface area contributed by atoms with Gasteiger partial charge >= 0.3 is 0 Å². The van der Waals surface area contributed by atoms with Gasteiger partial charge in [0.1, 0.15) is 5.82 Å². The van der Waals surface area contributed by atoms with Crippen molar-refractivity contribution < 1.29 is 4.74 Å². The third-order valence-electron chi connectivity index (χ3n) is 2.80. The highest BCUT2D eigenvalue weighted by Gasteiger charge is 2.18. The lowest BCUT2D eigenvalue weighted by atomic mass is 9.88. The van der Waals surface area contributed by atoms with E-state index in [1.807, 2.05) is 6.20 Å². The zero-order chi connectivity index (χ0) is 11.6. The minimum atomic E-state index is 0.110. The van der Waals surface area contributed by atoms with Crippen LogP contribution in [0, 0.1) is 0 Å². The van der Waals surface area contributed by atoms with E-state index in [0.29, 0.717) is 6.04 Å². The fourth-order valence-corrected chi connectivity index (χ4v) is 1.70. The molecule has 1 aromatic heterocycles. The van der Waals surface area contributed by atoms with Gasteiger partial charge in [0.05, 0.1) is 18.8 Å². The molecular formula is C12H19N3O. The molecule has 0 amide bonds. The summed E-state index contributed by atoms with van der Waals surface area (Å²) >= 11 is 0. The van der Waals surface area contributed by atoms with Crippen molar-refractivity contribution in [2.24, 2.45) is 0 Å². The second-order valence-corrected chi connectivity index (χ2v) is 5.28. The molecule has 1 saturated heterocycles. The van der Waals surface area contributed by atoms with Gasteiger partial charge in [0, 0.05) is 6.61 Å². The Labute approximate surface area is 96.4 Å². The van der Waals surface area contributed by atoms with E-state index < -0.39 is 0 Å². The molecule has 1 aromatic rings. The van der Waals surface area contributed by atoms with E-state index in [1.165, 1.54) is 5.56 Å². The van der Waals surface area contributed by atoms with Crippen LogP contribution in [0.3, 0.4) is 0 Å². The highest BCUT2D eigenvalue weighted by molar-refractivity contribution is 5.39. The molecule has 1 aliphatic rings. The SMILES string of the molecule is CC(C)(C)c1cnnc(NC2CCOC2)c1. The molecule has 0 aromatic carbocycles. The van der Waals surface area contributed by atoms with Gasteiger partial charge < -0.3 is 10.1 Å². The molecular weight excluding hydrogens is 202 g/mol. The van der Waals surface area contributed by atoms with E-state index in [1.54, 1.807) is 0 Å². The van der Waals surface area contributed by atoms with Crippen LogP contribution in [0.4, 0.5) is 5.82 Å². The molecule has 1 aliphatic heterocycles. The van der Waals surface area contributed by atoms with Crippen LogP contribution in [-0.4, -0.2) is 29.5 Å². The van der Waals surface area contributed by atoms with Crippen molar-refractivity contribution in [2.75, 3.05) is 18.5 Å². The van der Waals surface area contributed by atoms with Crippen molar-refractivity contribution >= 4 is 5.82 Å². The Bertz CT molecular complexity index is 354. The van der Waals surface area contributed by atoms with Crippen LogP contribution in [0.2, 0.25) is 0 Å². The summed E-state index contributed by atoms with van der Waals surface area (Å²) in [6.07, 6.45) is 2.87. The van der Waals surface area contributed by atoms with Crippen molar-refractivity contribution in [1.29, 1.82) is 0 Å². The van der Waals surface area contributed by atoms with Crippen LogP contribution in [0.15, 0.2) is 12.3 Å². The van der Waals surface area contributed by atoms with Crippen molar-refractivity contribution in [2.45, 2.75) is 38.6 Å². The first-order valence-electron chi connectivity index (χ1n) is 5.73. The molecule has 2 rings (SSSR count). The second-order valence-electron chi connectivity index (χ2n) is 5.28. The summed E-state index contributed by atoms with van der Waals surface area (Å²) in [4.78, 5) is 0. The molecule has 2 heterocycles. The van der Waals surface area contributed by atoms with Gasteiger partial charge in [-0.05, 0) is 23.5 Å². The highest BCUT2D eigenvalue weighted by atomic mass is 16.5. The van der Waals surface area contributed by atoms with Crippen LogP contribution in [0.5, 0.6) is 0 Å². The highest BCUT2D eigenvalue weighted by Crippen LogP contribution is 2.23. The Hall–Kier alpha value is -1.16. The minimum Gasteiger partial charge on any atom is -0.379 e. The zero-order valence-corrected chi connectivity index (χ0v) is 10.2. The summed E-state index contributed by atoms with van der Waals surface area (Å²) in [6.45, 7) is 8.12. The maximum atomic E-state index is 5.32. The molecule has 4 heteroatoms. The predicted molar refractivity (Wildman–Crippen MR) is 63.6 cm³/mol. The van der Waals surface area contributed by atoms with E-state index in [2.05, 4.69) is 42.4 Å². The van der Waals surface area contributed by atoms with Crippen LogP contribution < -0.4 is 5.32 Å². The first-order chi connectivity index (χ1) is 7.55. The Morgan fingerprint density at radius 1 is 1.44 bits per heavy atom. The van der Waals surface area contributed by atoms with Gasteiger partial charge in [0.25, 0.3) is 0 Å². The van der Waals surface area contributed by atoms with E-state index in [4.69, 9.17) is 4.74 Å². The first kappa shape index (κ1) is 11.3. The lowest BCUT2D eigenvalue weighted by Crippen LogP contribution is -2.21. The third-order valence-corrected chi connectivity index (χ3v) is 2.80. The molecule has 1 unspecified atom stereocenters. The lowest BCUT2D eigenvalue weighted by Gasteiger charge is -2.19. The first-order valence-corrected chi connectivity index (χ1v) is 5.73. The predicted octanol–water partition coefficient (Wildman–Crippen LogP) is 1.97. The van der Waals surface area contributed by atoms with Crippen molar-refractivity contribution in [3.05, 3.63) is 17.8 Å². The molecule has 16 heavy (non-hydrogen) atoms. The zero-order valence-electron chi connectivity index (χ0n) is 10.2. The summed E-state index contributed by atoms with van der Waals surface area (Å²) in [5.41, 5.74) is 1.31. The summed E-state index contributed by atoms with van der Waals surface area (Å²) in [5, 5.41) is 11.5. The molecule has 0 aliphatic carbocycles. The number of anilines is 1. The molecule has 1 atom stereocenters. The standard InChI is InChI=1S/C12H19N3O/c1-12(2,3)9-6-11(15-13-7-9)14-10-4-5-16-8-10/h6-7,10H,4-5,8H2,1-3H3,(H,14,15). The lowest BCUT2D eigenvalue weighted by molar-refractivity contribution is 0.195. The summed E-state index contributed by atoms with van der Waals surface area (Å²) in [6, 6.07) is 2.45. The number of nitrogens with zero attached hydrogens (tertiary/aromatic N) is 2. The fraction of sp³-hybridized carbons (Fsp3) is 0.667. The normalized spacial score (nSPS) is 21.1. The Morgan fingerprint density at radius 3 is 2.88 bits per heavy atom. The number of hydrogen-bond acceptors (Lipinski definition) is 4. The molecule has 0 radical (unpaired) electrons. The van der Waals surface area contributed by atoms with Gasteiger partial charge in [-0.1, -0.05) is 20.8 Å². The van der Waals surface area contributed by atoms with Gasteiger partial charge in [-0.25, -0.2) is 0 Å². The smallest absolute Gasteiger partial charge is 0.149 e. The van der Waals surface area contributed by atoms with Gasteiger partial charge in [0.15, 0.2) is 0 Å². The maximum absolute atomic E-state index is 5.32. The van der Waals surface area contributed by atoms with Crippen LogP contribution in [0.1, 0.15) is 32.8 Å². The van der Waals surface area contributed by atoms with Crippen molar-refractivity contribution in [1.82, 2.24) is 10.2 Å². The van der Waals surface area contributed by atoms with Gasteiger partial charge in [-0.2, -0.15) is 5.10 Å². The molecule has 88 valence electrons. The molecule has 1 fully saturated rings. The summed E-state index contributed by atoms with van der Waals surface area (Å²) in [7, 11) is 0. The Kier molecular flexibility index (Phi) is 3.10. The maximum Gasteiger partial charge on any atom is 0.149 e. The van der Waals surface area contributed by atoms with E-state index in [9.17, 15) is 0 Å². The topological polar surface area (TPSA) is 47.0 Å². The summed E-state index contributed by atoms with van der Waals surface area (Å²) < 4.78 is 5.32. The van der Waals surface area contributed by atoms with Gasteiger partial charge in [-0.3, -0.25) is 0 Å². The van der Waals surface area contributed by atoms with E-state index >= 15 is 0 Å². The Balaban J connectivity index is 2.09. The van der Waals surface area contributed by atoms with Crippen molar-refractivity contribution in [3.63, 3.8) is 0 Å². The number of aromatic nitrogens is 2. The average Bonchev–Trinajstić information content (AvgIpc) is 2.70. The minimum absolute atomic E-state index is 0.110. The molecule has 0 bridgehead atoms. The quantitative estimate of drug-likeness (QED) is 0.829. The fourth-order valence-electron chi connectivity index (χ4n) is 1.70. The third kappa shape index (κ3) is 2.70. The van der Waals surface area contributed by atoms with E-state index in [-0.39, 0.29) is 5.41 Å². The van der Waals surface area contributed by atoms with E-state index in [0.717, 1.165) is 25.5 Å². The van der Waals surface area contributed by atoms with Crippen LogP contribution in [0.25, 0.3) is 0 Å². The monoisotopic (exact) mass is 221 g/mol. The molecule has 0 spiro atoms.